The average molecular weight is 470 g/mol. The molecule has 0 radical (unpaired) electrons. The van der Waals surface area contributed by atoms with Gasteiger partial charge in [-0.1, -0.05) is 36.4 Å². The fourth-order valence-corrected chi connectivity index (χ4v) is 4.47. The van der Waals surface area contributed by atoms with Gasteiger partial charge in [-0.25, -0.2) is 4.98 Å². The second kappa shape index (κ2) is 12.2. The summed E-state index contributed by atoms with van der Waals surface area (Å²) in [6, 6.07) is 22.8. The Bertz CT molecular complexity index is 1120. The number of hydrogen-bond donors (Lipinski definition) is 1. The first kappa shape index (κ1) is 24.6. The molecular formula is C29H35N5O. The van der Waals surface area contributed by atoms with Gasteiger partial charge in [0.1, 0.15) is 23.2 Å². The average Bonchev–Trinajstić information content (AvgIpc) is 2.89. The van der Waals surface area contributed by atoms with E-state index in [0.29, 0.717) is 11.3 Å². The molecule has 1 fully saturated rings. The quantitative estimate of drug-likeness (QED) is 0.400. The van der Waals surface area contributed by atoms with Gasteiger partial charge >= 0.3 is 0 Å². The van der Waals surface area contributed by atoms with Gasteiger partial charge in [-0.3, -0.25) is 4.90 Å². The van der Waals surface area contributed by atoms with E-state index >= 15 is 0 Å². The van der Waals surface area contributed by atoms with Crippen molar-refractivity contribution in [1.29, 1.82) is 5.26 Å². The van der Waals surface area contributed by atoms with E-state index in [1.807, 2.05) is 50.4 Å². The van der Waals surface area contributed by atoms with Crippen molar-refractivity contribution in [3.05, 3.63) is 72.4 Å². The van der Waals surface area contributed by atoms with Crippen molar-refractivity contribution in [3.63, 3.8) is 0 Å². The maximum absolute atomic E-state index is 9.74. The van der Waals surface area contributed by atoms with E-state index in [9.17, 15) is 5.26 Å². The number of ether oxygens (including phenoxy) is 1. The highest BCUT2D eigenvalue weighted by atomic mass is 16.5. The number of rotatable bonds is 10. The van der Waals surface area contributed by atoms with Crippen molar-refractivity contribution < 1.29 is 4.74 Å². The summed E-state index contributed by atoms with van der Waals surface area (Å²) in [6.07, 6.45) is 4.16. The lowest BCUT2D eigenvalue weighted by molar-refractivity contribution is 0.241. The number of anilines is 2. The fraction of sp³-hybridized carbons (Fsp3) is 0.379. The number of aromatic nitrogens is 1. The van der Waals surface area contributed by atoms with Crippen LogP contribution in [-0.4, -0.2) is 55.3 Å². The van der Waals surface area contributed by atoms with E-state index in [-0.39, 0.29) is 6.10 Å². The zero-order chi connectivity index (χ0) is 24.5. The first-order valence-electron chi connectivity index (χ1n) is 12.6. The molecule has 0 saturated carbocycles. The van der Waals surface area contributed by atoms with Crippen LogP contribution in [0.5, 0.6) is 5.75 Å². The van der Waals surface area contributed by atoms with Crippen LogP contribution in [0.3, 0.4) is 0 Å². The molecule has 2 heterocycles. The topological polar surface area (TPSA) is 64.4 Å². The predicted octanol–water partition coefficient (Wildman–Crippen LogP) is 5.42. The Morgan fingerprint density at radius 3 is 2.51 bits per heavy atom. The van der Waals surface area contributed by atoms with E-state index in [1.165, 1.54) is 11.1 Å². The standard InChI is InChI=1S/C29H35N5O/c1-23(2)35-28-12-8-11-27(26(28)22-30)34-19-17-33(18-20-34)16-7-6-14-31-29-21-25(13-15-32-29)24-9-4-3-5-10-24/h3-5,8-13,15,21,23H,6-7,14,16-20H2,1-2H3,(H,31,32). The van der Waals surface area contributed by atoms with Crippen molar-refractivity contribution in [2.75, 3.05) is 49.5 Å². The molecule has 182 valence electrons. The molecule has 1 N–H and O–H groups in total. The van der Waals surface area contributed by atoms with Crippen LogP contribution in [0.4, 0.5) is 11.5 Å². The summed E-state index contributed by atoms with van der Waals surface area (Å²) in [7, 11) is 0. The predicted molar refractivity (Wildman–Crippen MR) is 143 cm³/mol. The van der Waals surface area contributed by atoms with Gasteiger partial charge in [-0.05, 0) is 68.6 Å². The Kier molecular flexibility index (Phi) is 8.58. The van der Waals surface area contributed by atoms with E-state index in [0.717, 1.165) is 63.6 Å². The van der Waals surface area contributed by atoms with Gasteiger partial charge in [0.05, 0.1) is 11.8 Å². The number of unbranched alkanes of at least 4 members (excludes halogenated alkanes) is 1. The molecule has 1 aliphatic rings. The zero-order valence-corrected chi connectivity index (χ0v) is 20.8. The van der Waals surface area contributed by atoms with Crippen LogP contribution in [0.25, 0.3) is 11.1 Å². The molecule has 0 bridgehead atoms. The van der Waals surface area contributed by atoms with Gasteiger partial charge < -0.3 is 15.0 Å². The van der Waals surface area contributed by atoms with Crippen molar-refractivity contribution in [1.82, 2.24) is 9.88 Å². The van der Waals surface area contributed by atoms with Gasteiger partial charge in [-0.2, -0.15) is 5.26 Å². The van der Waals surface area contributed by atoms with Crippen molar-refractivity contribution in [2.24, 2.45) is 0 Å². The minimum atomic E-state index is 0.0484. The minimum absolute atomic E-state index is 0.0484. The molecule has 0 unspecified atom stereocenters. The van der Waals surface area contributed by atoms with Crippen LogP contribution < -0.4 is 15.0 Å². The summed E-state index contributed by atoms with van der Waals surface area (Å²) >= 11 is 0. The van der Waals surface area contributed by atoms with Gasteiger partial charge in [0.25, 0.3) is 0 Å². The summed E-state index contributed by atoms with van der Waals surface area (Å²) in [5.74, 6) is 1.61. The molecule has 1 aliphatic heterocycles. The molecule has 1 aromatic heterocycles. The number of nitrogens with zero attached hydrogens (tertiary/aromatic N) is 4. The minimum Gasteiger partial charge on any atom is -0.490 e. The lowest BCUT2D eigenvalue weighted by Crippen LogP contribution is -2.46. The number of pyridine rings is 1. The highest BCUT2D eigenvalue weighted by Gasteiger charge is 2.21. The van der Waals surface area contributed by atoms with E-state index in [1.54, 1.807) is 0 Å². The van der Waals surface area contributed by atoms with Crippen LogP contribution in [-0.2, 0) is 0 Å². The zero-order valence-electron chi connectivity index (χ0n) is 20.8. The number of piperazine rings is 1. The van der Waals surface area contributed by atoms with E-state index in [2.05, 4.69) is 56.5 Å². The first-order chi connectivity index (χ1) is 17.1. The molecule has 1 saturated heterocycles. The van der Waals surface area contributed by atoms with Gasteiger partial charge in [0.2, 0.25) is 0 Å². The number of nitrogens with one attached hydrogen (secondary N) is 1. The van der Waals surface area contributed by atoms with Gasteiger partial charge in [0.15, 0.2) is 0 Å². The summed E-state index contributed by atoms with van der Waals surface area (Å²) in [6.45, 7) is 9.85. The highest BCUT2D eigenvalue weighted by molar-refractivity contribution is 5.66. The summed E-state index contributed by atoms with van der Waals surface area (Å²) in [4.78, 5) is 9.30. The van der Waals surface area contributed by atoms with Gasteiger partial charge in [-0.15, -0.1) is 0 Å². The number of hydrogen-bond acceptors (Lipinski definition) is 6. The Morgan fingerprint density at radius 1 is 0.971 bits per heavy atom. The monoisotopic (exact) mass is 469 g/mol. The molecule has 6 nitrogen and oxygen atoms in total. The molecule has 2 aromatic carbocycles. The third kappa shape index (κ3) is 6.74. The second-order valence-corrected chi connectivity index (χ2v) is 9.19. The maximum atomic E-state index is 9.74. The van der Waals surface area contributed by atoms with Crippen LogP contribution in [0.2, 0.25) is 0 Å². The van der Waals surface area contributed by atoms with Crippen LogP contribution in [0.15, 0.2) is 66.9 Å². The van der Waals surface area contributed by atoms with Crippen LogP contribution in [0, 0.1) is 11.3 Å². The van der Waals surface area contributed by atoms with Crippen LogP contribution in [0.1, 0.15) is 32.3 Å². The summed E-state index contributed by atoms with van der Waals surface area (Å²) in [5, 5.41) is 13.2. The molecule has 4 rings (SSSR count). The smallest absolute Gasteiger partial charge is 0.139 e. The van der Waals surface area contributed by atoms with Crippen LogP contribution >= 0.6 is 0 Å². The lowest BCUT2D eigenvalue weighted by atomic mass is 10.1. The van der Waals surface area contributed by atoms with E-state index in [4.69, 9.17) is 4.74 Å². The third-order valence-electron chi connectivity index (χ3n) is 6.27. The summed E-state index contributed by atoms with van der Waals surface area (Å²) in [5.41, 5.74) is 4.02. The SMILES string of the molecule is CC(C)Oc1cccc(N2CCN(CCCCNc3cc(-c4ccccc4)ccn3)CC2)c1C#N. The molecule has 0 spiro atoms. The highest BCUT2D eigenvalue weighted by Crippen LogP contribution is 2.30. The molecule has 35 heavy (non-hydrogen) atoms. The normalized spacial score (nSPS) is 14.1. The van der Waals surface area contributed by atoms with Crippen molar-refractivity contribution >= 4 is 11.5 Å². The molecule has 0 atom stereocenters. The molecule has 0 aliphatic carbocycles. The van der Waals surface area contributed by atoms with E-state index < -0.39 is 0 Å². The maximum Gasteiger partial charge on any atom is 0.139 e. The third-order valence-corrected chi connectivity index (χ3v) is 6.27. The summed E-state index contributed by atoms with van der Waals surface area (Å²) < 4.78 is 5.86. The molecule has 0 amide bonds. The Morgan fingerprint density at radius 2 is 1.77 bits per heavy atom. The molecule has 3 aromatic rings. The van der Waals surface area contributed by atoms with Crippen molar-refractivity contribution in [3.8, 4) is 22.9 Å². The molecular weight excluding hydrogens is 434 g/mol. The van der Waals surface area contributed by atoms with Crippen molar-refractivity contribution in [2.45, 2.75) is 32.8 Å². The lowest BCUT2D eigenvalue weighted by Gasteiger charge is -2.36. The Hall–Kier alpha value is -3.56. The van der Waals surface area contributed by atoms with Gasteiger partial charge in [0, 0.05) is 38.9 Å². The Labute approximate surface area is 209 Å². The number of nitriles is 1. The second-order valence-electron chi connectivity index (χ2n) is 9.19. The number of benzene rings is 2. The Balaban J connectivity index is 1.20. The first-order valence-corrected chi connectivity index (χ1v) is 12.6. The largest absolute Gasteiger partial charge is 0.490 e. The molecule has 6 heteroatoms. The fourth-order valence-electron chi connectivity index (χ4n) is 4.47.